The molecule has 0 aromatic rings. The average molecular weight is 229 g/mol. The molecule has 0 heterocycles. The van der Waals surface area contributed by atoms with Crippen molar-refractivity contribution in [2.45, 2.75) is 38.3 Å². The van der Waals surface area contributed by atoms with E-state index in [0.717, 1.165) is 12.8 Å². The van der Waals surface area contributed by atoms with Crippen LogP contribution < -0.4 is 16.4 Å². The molecule has 1 fully saturated rings. The highest BCUT2D eigenvalue weighted by atomic mass is 16.3. The van der Waals surface area contributed by atoms with E-state index >= 15 is 0 Å². The predicted octanol–water partition coefficient (Wildman–Crippen LogP) is -0.680. The smallest absolute Gasteiger partial charge is 0.312 e. The summed E-state index contributed by atoms with van der Waals surface area (Å²) >= 11 is 0. The summed E-state index contributed by atoms with van der Waals surface area (Å²) in [6, 6.07) is -1.37. The summed E-state index contributed by atoms with van der Waals surface area (Å²) < 4.78 is 0. The van der Waals surface area contributed by atoms with Crippen LogP contribution in [0.1, 0.15) is 26.7 Å². The van der Waals surface area contributed by atoms with Crippen LogP contribution in [0.2, 0.25) is 0 Å². The summed E-state index contributed by atoms with van der Waals surface area (Å²) in [5.74, 6) is -0.345. The number of rotatable bonds is 5. The Morgan fingerprint density at radius 3 is 2.31 bits per heavy atom. The molecule has 1 atom stereocenters. The second-order valence-corrected chi connectivity index (χ2v) is 4.66. The maximum absolute atomic E-state index is 11.8. The molecular weight excluding hydrogens is 210 g/mol. The van der Waals surface area contributed by atoms with Gasteiger partial charge in [0.05, 0.1) is 12.1 Å². The van der Waals surface area contributed by atoms with E-state index in [4.69, 9.17) is 10.8 Å². The van der Waals surface area contributed by atoms with Crippen molar-refractivity contribution >= 4 is 11.9 Å². The van der Waals surface area contributed by atoms with E-state index in [2.05, 4.69) is 10.6 Å². The highest BCUT2D eigenvalue weighted by Crippen LogP contribution is 2.34. The van der Waals surface area contributed by atoms with Crippen LogP contribution in [-0.2, 0) is 4.79 Å². The van der Waals surface area contributed by atoms with Gasteiger partial charge in [0.25, 0.3) is 0 Å². The van der Waals surface area contributed by atoms with E-state index in [0.29, 0.717) is 0 Å². The van der Waals surface area contributed by atoms with Gasteiger partial charge in [0, 0.05) is 0 Å². The van der Waals surface area contributed by atoms with Crippen molar-refractivity contribution in [3.8, 4) is 0 Å². The van der Waals surface area contributed by atoms with Crippen LogP contribution in [0.25, 0.3) is 0 Å². The summed E-state index contributed by atoms with van der Waals surface area (Å²) in [5.41, 5.74) is 4.53. The molecule has 1 aliphatic rings. The third-order valence-electron chi connectivity index (χ3n) is 2.79. The Hall–Kier alpha value is -1.30. The second kappa shape index (κ2) is 4.69. The minimum Gasteiger partial charge on any atom is -0.394 e. The van der Waals surface area contributed by atoms with Gasteiger partial charge < -0.3 is 21.5 Å². The van der Waals surface area contributed by atoms with E-state index in [-0.39, 0.29) is 18.4 Å². The molecule has 92 valence electrons. The number of urea groups is 1. The van der Waals surface area contributed by atoms with Gasteiger partial charge in [-0.2, -0.15) is 0 Å². The molecule has 0 aromatic heterocycles. The van der Waals surface area contributed by atoms with Crippen LogP contribution in [0.5, 0.6) is 0 Å². The largest absolute Gasteiger partial charge is 0.394 e. The van der Waals surface area contributed by atoms with E-state index in [1.165, 1.54) is 0 Å². The normalized spacial score (nSPS) is 19.0. The molecule has 1 rings (SSSR count). The van der Waals surface area contributed by atoms with Crippen LogP contribution in [0.15, 0.2) is 0 Å². The second-order valence-electron chi connectivity index (χ2n) is 4.66. The van der Waals surface area contributed by atoms with Gasteiger partial charge in [0.2, 0.25) is 5.91 Å². The number of aliphatic hydroxyl groups excluding tert-OH is 1. The minimum absolute atomic E-state index is 0.0537. The van der Waals surface area contributed by atoms with Crippen LogP contribution in [0.4, 0.5) is 4.79 Å². The van der Waals surface area contributed by atoms with Gasteiger partial charge in [-0.3, -0.25) is 4.79 Å². The highest BCUT2D eigenvalue weighted by molar-refractivity contribution is 5.87. The van der Waals surface area contributed by atoms with E-state index < -0.39 is 17.6 Å². The van der Waals surface area contributed by atoms with Gasteiger partial charge in [-0.15, -0.1) is 0 Å². The standard InChI is InChI=1S/C10H19N3O3/c1-6(2)7(12-9(11)16)8(15)13-10(5-14)3-4-10/h6-7,14H,3-5H2,1-2H3,(H,13,15)(H3,11,12,16). The quantitative estimate of drug-likeness (QED) is 0.502. The lowest BCUT2D eigenvalue weighted by molar-refractivity contribution is -0.125. The monoisotopic (exact) mass is 229 g/mol. The zero-order valence-corrected chi connectivity index (χ0v) is 9.62. The molecule has 6 heteroatoms. The lowest BCUT2D eigenvalue weighted by Crippen LogP contribution is -2.54. The number of carbonyl (C=O) groups is 2. The number of hydrogen-bond acceptors (Lipinski definition) is 3. The molecule has 0 aromatic carbocycles. The fourth-order valence-electron chi connectivity index (χ4n) is 1.50. The Balaban J connectivity index is 2.57. The summed E-state index contributed by atoms with van der Waals surface area (Å²) in [6.45, 7) is 3.57. The molecule has 1 aliphatic carbocycles. The van der Waals surface area contributed by atoms with Gasteiger partial charge >= 0.3 is 6.03 Å². The molecule has 0 saturated heterocycles. The van der Waals surface area contributed by atoms with E-state index in [9.17, 15) is 9.59 Å². The van der Waals surface area contributed by atoms with Crippen molar-refractivity contribution in [3.63, 3.8) is 0 Å². The SMILES string of the molecule is CC(C)C(NC(N)=O)C(=O)NC1(CO)CC1. The molecule has 3 amide bonds. The predicted molar refractivity (Wildman–Crippen MR) is 58.5 cm³/mol. The zero-order valence-electron chi connectivity index (χ0n) is 9.62. The van der Waals surface area contributed by atoms with Gasteiger partial charge in [-0.1, -0.05) is 13.8 Å². The first-order valence-corrected chi connectivity index (χ1v) is 5.39. The number of primary amides is 1. The topological polar surface area (TPSA) is 104 Å². The van der Waals surface area contributed by atoms with Crippen molar-refractivity contribution in [3.05, 3.63) is 0 Å². The molecule has 0 spiro atoms. The highest BCUT2D eigenvalue weighted by Gasteiger charge is 2.44. The number of amides is 3. The minimum atomic E-state index is -0.720. The van der Waals surface area contributed by atoms with E-state index in [1.807, 2.05) is 13.8 Å². The summed E-state index contributed by atoms with van der Waals surface area (Å²) in [4.78, 5) is 22.6. The van der Waals surface area contributed by atoms with Crippen molar-refractivity contribution in [2.75, 3.05) is 6.61 Å². The first kappa shape index (κ1) is 12.8. The van der Waals surface area contributed by atoms with Crippen LogP contribution in [0.3, 0.4) is 0 Å². The molecule has 5 N–H and O–H groups in total. The first-order valence-electron chi connectivity index (χ1n) is 5.39. The Bertz CT molecular complexity index is 287. The average Bonchev–Trinajstić information content (AvgIpc) is 2.94. The number of nitrogens with one attached hydrogen (secondary N) is 2. The molecule has 1 saturated carbocycles. The fraction of sp³-hybridized carbons (Fsp3) is 0.800. The van der Waals surface area contributed by atoms with E-state index in [1.54, 1.807) is 0 Å². The number of hydrogen-bond donors (Lipinski definition) is 4. The molecule has 0 radical (unpaired) electrons. The maximum Gasteiger partial charge on any atom is 0.312 e. The third-order valence-corrected chi connectivity index (χ3v) is 2.79. The molecular formula is C10H19N3O3. The van der Waals surface area contributed by atoms with Crippen molar-refractivity contribution in [1.29, 1.82) is 0 Å². The lowest BCUT2D eigenvalue weighted by atomic mass is 10.0. The lowest BCUT2D eigenvalue weighted by Gasteiger charge is -2.23. The molecule has 6 nitrogen and oxygen atoms in total. The van der Waals surface area contributed by atoms with Gasteiger partial charge in [-0.25, -0.2) is 4.79 Å². The van der Waals surface area contributed by atoms with Crippen molar-refractivity contribution in [1.82, 2.24) is 10.6 Å². The number of carbonyl (C=O) groups excluding carboxylic acids is 2. The Labute approximate surface area is 94.6 Å². The van der Waals surface area contributed by atoms with Crippen LogP contribution in [0, 0.1) is 5.92 Å². The van der Waals surface area contributed by atoms with Crippen LogP contribution in [-0.4, -0.2) is 35.2 Å². The molecule has 16 heavy (non-hydrogen) atoms. The van der Waals surface area contributed by atoms with Crippen LogP contribution >= 0.6 is 0 Å². The Morgan fingerprint density at radius 2 is 2.00 bits per heavy atom. The number of nitrogens with two attached hydrogens (primary N) is 1. The van der Waals surface area contributed by atoms with Gasteiger partial charge in [0.15, 0.2) is 0 Å². The number of aliphatic hydroxyl groups is 1. The van der Waals surface area contributed by atoms with Crippen molar-refractivity contribution in [2.24, 2.45) is 11.7 Å². The fourth-order valence-corrected chi connectivity index (χ4v) is 1.50. The summed E-state index contributed by atoms with van der Waals surface area (Å²) in [7, 11) is 0. The zero-order chi connectivity index (χ0) is 12.3. The molecule has 1 unspecified atom stereocenters. The molecule has 0 aliphatic heterocycles. The summed E-state index contributed by atoms with van der Waals surface area (Å²) in [6.07, 6.45) is 1.55. The van der Waals surface area contributed by atoms with Gasteiger partial charge in [0.1, 0.15) is 6.04 Å². The Morgan fingerprint density at radius 1 is 1.44 bits per heavy atom. The maximum atomic E-state index is 11.8. The third kappa shape index (κ3) is 3.10. The summed E-state index contributed by atoms with van der Waals surface area (Å²) in [5, 5.41) is 14.2. The molecule has 0 bridgehead atoms. The first-order chi connectivity index (χ1) is 7.40. The van der Waals surface area contributed by atoms with Gasteiger partial charge in [-0.05, 0) is 18.8 Å². The Kier molecular flexibility index (Phi) is 3.74. The van der Waals surface area contributed by atoms with Crippen molar-refractivity contribution < 1.29 is 14.7 Å².